The molecule has 0 amide bonds. The highest BCUT2D eigenvalue weighted by atomic mass is 79.9. The van der Waals surface area contributed by atoms with Crippen LogP contribution in [0.25, 0.3) is 10.4 Å². The maximum Gasteiger partial charge on any atom is 0.349 e. The molecular formula is C22H17BrClNO6S. The number of Topliss-reactive ketones (excluding diaryl/α,β-unsaturated/α-hetero) is 1. The highest BCUT2D eigenvalue weighted by molar-refractivity contribution is 9.10. The van der Waals surface area contributed by atoms with E-state index >= 15 is 0 Å². The lowest BCUT2D eigenvalue weighted by Gasteiger charge is -2.28. The van der Waals surface area contributed by atoms with Crippen LogP contribution < -0.4 is 10.5 Å². The van der Waals surface area contributed by atoms with E-state index < -0.39 is 24.1 Å². The molecule has 0 radical (unpaired) electrons. The molecule has 1 atom stereocenters. The smallest absolute Gasteiger partial charge is 0.349 e. The van der Waals surface area contributed by atoms with E-state index in [1.807, 2.05) is 0 Å². The molecule has 7 nitrogen and oxygen atoms in total. The monoisotopic (exact) mass is 537 g/mol. The normalized spacial score (nSPS) is 12.8. The summed E-state index contributed by atoms with van der Waals surface area (Å²) < 4.78 is 5.50. The Morgan fingerprint density at radius 2 is 1.78 bits per heavy atom. The average molecular weight is 539 g/mol. The van der Waals surface area contributed by atoms with Crippen LogP contribution in [0.1, 0.15) is 27.7 Å². The zero-order chi connectivity index (χ0) is 23.6. The summed E-state index contributed by atoms with van der Waals surface area (Å²) in [4.78, 5) is 35.5. The number of carboxylic acids is 2. The Morgan fingerprint density at radius 3 is 2.34 bits per heavy atom. The Labute approximate surface area is 200 Å². The molecule has 3 aromatic rings. The maximum atomic E-state index is 12.6. The van der Waals surface area contributed by atoms with Crippen LogP contribution in [0.3, 0.4) is 0 Å². The van der Waals surface area contributed by atoms with Crippen LogP contribution in [0.5, 0.6) is 5.75 Å². The van der Waals surface area contributed by atoms with Crippen molar-refractivity contribution in [2.75, 3.05) is 6.61 Å². The zero-order valence-electron chi connectivity index (χ0n) is 16.6. The number of carbonyl (C=O) groups is 3. The first-order valence-corrected chi connectivity index (χ1v) is 11.1. The number of nitrogens with two attached hydrogens (primary N) is 1. The summed E-state index contributed by atoms with van der Waals surface area (Å²) in [5.41, 5.74) is 6.77. The first-order valence-electron chi connectivity index (χ1n) is 9.12. The van der Waals surface area contributed by atoms with E-state index in [9.17, 15) is 19.5 Å². The first-order chi connectivity index (χ1) is 15.1. The molecule has 1 aromatic heterocycles. The van der Waals surface area contributed by atoms with E-state index in [0.717, 1.165) is 11.3 Å². The molecule has 0 spiro atoms. The van der Waals surface area contributed by atoms with Crippen molar-refractivity contribution in [2.45, 2.75) is 12.5 Å². The van der Waals surface area contributed by atoms with Gasteiger partial charge in [0.25, 0.3) is 0 Å². The van der Waals surface area contributed by atoms with Crippen LogP contribution in [0.4, 0.5) is 0 Å². The molecule has 2 aromatic carbocycles. The fourth-order valence-corrected chi connectivity index (χ4v) is 5.19. The fourth-order valence-electron chi connectivity index (χ4n) is 3.18. The number of benzene rings is 2. The Hall–Kier alpha value is -2.72. The number of ether oxygens (including phenoxy) is 1. The summed E-state index contributed by atoms with van der Waals surface area (Å²) >= 11 is 10.2. The molecule has 0 saturated heterocycles. The number of hydrogen-bond acceptors (Lipinski definition) is 6. The second-order valence-electron chi connectivity index (χ2n) is 6.84. The topological polar surface area (TPSA) is 127 Å². The fraction of sp³-hybridized carbons (Fsp3) is 0.136. The van der Waals surface area contributed by atoms with Gasteiger partial charge in [0, 0.05) is 5.02 Å². The van der Waals surface area contributed by atoms with E-state index in [1.165, 1.54) is 6.92 Å². The SMILES string of the molecule is CC(=O)C(N)(c1ccc(Cl)cc1)c1cccc(-c2sc(C(=O)O)c(OCC(=O)O)c2Br)c1. The van der Waals surface area contributed by atoms with Crippen LogP contribution in [-0.4, -0.2) is 34.5 Å². The Morgan fingerprint density at radius 1 is 1.12 bits per heavy atom. The number of carboxylic acid groups (broad SMARTS) is 2. The van der Waals surface area contributed by atoms with Gasteiger partial charge >= 0.3 is 11.9 Å². The minimum atomic E-state index is -1.46. The molecule has 1 unspecified atom stereocenters. The van der Waals surface area contributed by atoms with Gasteiger partial charge in [-0.2, -0.15) is 0 Å². The zero-order valence-corrected chi connectivity index (χ0v) is 19.8. The number of thiophene rings is 1. The Balaban J connectivity index is 2.13. The molecule has 0 saturated carbocycles. The predicted octanol–water partition coefficient (Wildman–Crippen LogP) is 4.78. The second-order valence-corrected chi connectivity index (χ2v) is 9.09. The summed E-state index contributed by atoms with van der Waals surface area (Å²) in [7, 11) is 0. The Kier molecular flexibility index (Phi) is 7.04. The molecule has 10 heteroatoms. The lowest BCUT2D eigenvalue weighted by atomic mass is 9.80. The second kappa shape index (κ2) is 9.41. The summed E-state index contributed by atoms with van der Waals surface area (Å²) in [6.07, 6.45) is 0. The number of aliphatic carboxylic acids is 1. The summed E-state index contributed by atoms with van der Waals surface area (Å²) in [5.74, 6) is -2.86. The number of halogens is 2. The van der Waals surface area contributed by atoms with E-state index in [0.29, 0.717) is 31.1 Å². The van der Waals surface area contributed by atoms with Gasteiger partial charge in [-0.3, -0.25) is 4.79 Å². The number of hydrogen-bond donors (Lipinski definition) is 3. The molecule has 0 aliphatic carbocycles. The predicted molar refractivity (Wildman–Crippen MR) is 125 cm³/mol. The van der Waals surface area contributed by atoms with E-state index in [-0.39, 0.29) is 16.4 Å². The van der Waals surface area contributed by atoms with Crippen molar-refractivity contribution >= 4 is 56.6 Å². The van der Waals surface area contributed by atoms with Crippen molar-refractivity contribution in [1.82, 2.24) is 0 Å². The molecule has 0 aliphatic rings. The molecule has 0 fully saturated rings. The number of aromatic carboxylic acids is 1. The molecule has 32 heavy (non-hydrogen) atoms. The third-order valence-electron chi connectivity index (χ3n) is 4.78. The highest BCUT2D eigenvalue weighted by Crippen LogP contribution is 2.46. The van der Waals surface area contributed by atoms with Gasteiger partial charge in [0.05, 0.1) is 9.35 Å². The van der Waals surface area contributed by atoms with Crippen molar-refractivity contribution < 1.29 is 29.3 Å². The van der Waals surface area contributed by atoms with Crippen molar-refractivity contribution in [3.05, 3.63) is 74.0 Å². The van der Waals surface area contributed by atoms with Gasteiger partial charge in [-0.1, -0.05) is 41.9 Å². The molecule has 4 N–H and O–H groups in total. The minimum absolute atomic E-state index is 0.0754. The minimum Gasteiger partial charge on any atom is -0.479 e. The van der Waals surface area contributed by atoms with Gasteiger partial charge in [0.2, 0.25) is 0 Å². The Bertz CT molecular complexity index is 1210. The van der Waals surface area contributed by atoms with Crippen molar-refractivity contribution in [3.63, 3.8) is 0 Å². The largest absolute Gasteiger partial charge is 0.479 e. The summed E-state index contributed by atoms with van der Waals surface area (Å²) in [6.45, 7) is 0.699. The van der Waals surface area contributed by atoms with E-state index in [4.69, 9.17) is 27.2 Å². The van der Waals surface area contributed by atoms with Crippen LogP contribution in [-0.2, 0) is 15.1 Å². The standard InChI is InChI=1S/C22H17BrClNO6S/c1-11(26)22(25,13-5-7-15(24)8-6-13)14-4-2-3-12(9-14)19-17(23)18(31-10-16(27)28)20(32-19)21(29)30/h2-9H,10,25H2,1H3,(H,27,28)(H,29,30). The quantitative estimate of drug-likeness (QED) is 0.376. The third kappa shape index (κ3) is 4.56. The van der Waals surface area contributed by atoms with Crippen molar-refractivity contribution in [3.8, 4) is 16.2 Å². The number of ketones is 1. The van der Waals surface area contributed by atoms with Gasteiger partial charge in [0.15, 0.2) is 23.0 Å². The van der Waals surface area contributed by atoms with Gasteiger partial charge in [-0.15, -0.1) is 11.3 Å². The van der Waals surface area contributed by atoms with E-state index in [2.05, 4.69) is 15.9 Å². The number of rotatable bonds is 8. The summed E-state index contributed by atoms with van der Waals surface area (Å²) in [6, 6.07) is 13.5. The van der Waals surface area contributed by atoms with Gasteiger partial charge in [-0.05, 0) is 57.7 Å². The maximum absolute atomic E-state index is 12.6. The van der Waals surface area contributed by atoms with Crippen LogP contribution in [0, 0.1) is 0 Å². The van der Waals surface area contributed by atoms with Crippen LogP contribution in [0.2, 0.25) is 5.02 Å². The molecule has 1 heterocycles. The van der Waals surface area contributed by atoms with Gasteiger partial charge in [0.1, 0.15) is 5.54 Å². The molecule has 166 valence electrons. The average Bonchev–Trinajstić information content (AvgIpc) is 3.08. The third-order valence-corrected chi connectivity index (χ3v) is 7.26. The summed E-state index contributed by atoms with van der Waals surface area (Å²) in [5, 5.41) is 18.9. The lowest BCUT2D eigenvalue weighted by molar-refractivity contribution is -0.139. The highest BCUT2D eigenvalue weighted by Gasteiger charge is 2.35. The van der Waals surface area contributed by atoms with Crippen LogP contribution in [0.15, 0.2) is 53.0 Å². The molecule has 0 aliphatic heterocycles. The molecule has 0 bridgehead atoms. The van der Waals surface area contributed by atoms with Gasteiger partial charge < -0.3 is 20.7 Å². The van der Waals surface area contributed by atoms with Gasteiger partial charge in [-0.25, -0.2) is 9.59 Å². The molecule has 3 rings (SSSR count). The molecular weight excluding hydrogens is 522 g/mol. The lowest BCUT2D eigenvalue weighted by Crippen LogP contribution is -2.44. The van der Waals surface area contributed by atoms with Crippen molar-refractivity contribution in [1.29, 1.82) is 0 Å². The number of carbonyl (C=O) groups excluding carboxylic acids is 1. The first kappa shape index (κ1) is 23.9. The van der Waals surface area contributed by atoms with Crippen molar-refractivity contribution in [2.24, 2.45) is 5.73 Å². The van der Waals surface area contributed by atoms with E-state index in [1.54, 1.807) is 48.5 Å². The van der Waals surface area contributed by atoms with Crippen LogP contribution >= 0.6 is 38.9 Å².